The molecule has 45 heavy (non-hydrogen) atoms. The molecule has 5 rings (SSSR count). The van der Waals surface area contributed by atoms with Crippen molar-refractivity contribution < 1.29 is 33.3 Å². The molecular formula is C36H42N2O7. The number of unbranched alkanes of at least 4 members (excludes halogenated alkanes) is 2. The highest BCUT2D eigenvalue weighted by Gasteiger charge is 2.42. The first kappa shape index (κ1) is 31.8. The third kappa shape index (κ3) is 6.16. The molecule has 1 aliphatic carbocycles. The first-order valence-corrected chi connectivity index (χ1v) is 15.3. The molecule has 0 unspecified atom stereocenters. The van der Waals surface area contributed by atoms with Crippen molar-refractivity contribution in [3.05, 3.63) is 77.0 Å². The van der Waals surface area contributed by atoms with Gasteiger partial charge in [-0.1, -0.05) is 38.0 Å². The highest BCUT2D eigenvalue weighted by atomic mass is 16.5. The Balaban J connectivity index is 1.71. The van der Waals surface area contributed by atoms with Gasteiger partial charge in [0.15, 0.2) is 28.8 Å². The number of allylic oxidation sites excluding steroid dienone is 1. The Hall–Kier alpha value is -4.66. The summed E-state index contributed by atoms with van der Waals surface area (Å²) in [5.74, 6) is 2.37. The van der Waals surface area contributed by atoms with Crippen LogP contribution in [0.1, 0.15) is 68.5 Å². The maximum absolute atomic E-state index is 14.5. The molecule has 9 heteroatoms. The van der Waals surface area contributed by atoms with E-state index in [4.69, 9.17) is 23.7 Å². The number of ketones is 1. The van der Waals surface area contributed by atoms with E-state index in [0.29, 0.717) is 58.4 Å². The van der Waals surface area contributed by atoms with Crippen molar-refractivity contribution >= 4 is 23.1 Å². The summed E-state index contributed by atoms with van der Waals surface area (Å²) in [5.41, 5.74) is 4.48. The molecule has 238 valence electrons. The van der Waals surface area contributed by atoms with Gasteiger partial charge in [-0.2, -0.15) is 0 Å². The standard InChI is InChI=1S/C36H42N2O7/c1-7-8-9-14-33(40)38-27-13-11-10-12-25(27)37-26-17-23(22-15-16-29(41-2)30(19-22)42-3)18-28(39)34(26)35(38)24-20-31(43-4)36(45-6)32(21-24)44-5/h10-13,15-16,19-21,23,35,37H,7-9,14,17-18H2,1-6H3/t23-,35-/m0/s1. The Bertz CT molecular complexity index is 1570. The molecule has 0 radical (unpaired) electrons. The first-order chi connectivity index (χ1) is 21.9. The zero-order valence-electron chi connectivity index (χ0n) is 26.9. The molecule has 0 saturated heterocycles. The van der Waals surface area contributed by atoms with Crippen molar-refractivity contribution in [3.8, 4) is 28.7 Å². The second-order valence-corrected chi connectivity index (χ2v) is 11.3. The lowest BCUT2D eigenvalue weighted by Gasteiger charge is -2.35. The molecule has 0 spiro atoms. The number of benzene rings is 3. The van der Waals surface area contributed by atoms with Gasteiger partial charge in [-0.05, 0) is 66.3 Å². The molecular weight excluding hydrogens is 572 g/mol. The summed E-state index contributed by atoms with van der Waals surface area (Å²) in [4.78, 5) is 30.5. The monoisotopic (exact) mass is 614 g/mol. The van der Waals surface area contributed by atoms with Crippen LogP contribution in [-0.2, 0) is 9.59 Å². The summed E-state index contributed by atoms with van der Waals surface area (Å²) >= 11 is 0. The van der Waals surface area contributed by atoms with Crippen molar-refractivity contribution in [2.45, 2.75) is 57.4 Å². The van der Waals surface area contributed by atoms with E-state index in [9.17, 15) is 9.59 Å². The number of carbonyl (C=O) groups excluding carboxylic acids is 2. The lowest BCUT2D eigenvalue weighted by molar-refractivity contribution is -0.119. The van der Waals surface area contributed by atoms with Crippen LogP contribution >= 0.6 is 0 Å². The topological polar surface area (TPSA) is 95.6 Å². The lowest BCUT2D eigenvalue weighted by Crippen LogP contribution is -2.38. The Labute approximate surface area is 265 Å². The van der Waals surface area contributed by atoms with Gasteiger partial charge < -0.3 is 29.0 Å². The molecule has 9 nitrogen and oxygen atoms in total. The number of rotatable bonds is 11. The predicted octanol–water partition coefficient (Wildman–Crippen LogP) is 7.21. The summed E-state index contributed by atoms with van der Waals surface area (Å²) < 4.78 is 28.1. The van der Waals surface area contributed by atoms with Crippen LogP contribution in [0.25, 0.3) is 0 Å². The van der Waals surface area contributed by atoms with Gasteiger partial charge in [-0.3, -0.25) is 14.5 Å². The molecule has 0 bridgehead atoms. The van der Waals surface area contributed by atoms with Crippen molar-refractivity contribution in [1.82, 2.24) is 0 Å². The van der Waals surface area contributed by atoms with Gasteiger partial charge in [0, 0.05) is 24.1 Å². The molecule has 2 aliphatic rings. The van der Waals surface area contributed by atoms with E-state index in [0.717, 1.165) is 36.2 Å². The number of Topliss-reactive ketones (excluding diaryl/α,β-unsaturated/α-hetero) is 1. The number of para-hydroxylation sites is 2. The molecule has 3 aromatic carbocycles. The van der Waals surface area contributed by atoms with Gasteiger partial charge in [0.2, 0.25) is 11.7 Å². The van der Waals surface area contributed by atoms with Crippen molar-refractivity contribution in [3.63, 3.8) is 0 Å². The van der Waals surface area contributed by atoms with Gasteiger partial charge in [-0.15, -0.1) is 0 Å². The van der Waals surface area contributed by atoms with Crippen LogP contribution in [0.2, 0.25) is 0 Å². The Morgan fingerprint density at radius 1 is 0.800 bits per heavy atom. The smallest absolute Gasteiger partial charge is 0.227 e. The average molecular weight is 615 g/mol. The zero-order chi connectivity index (χ0) is 32.1. The van der Waals surface area contributed by atoms with E-state index >= 15 is 0 Å². The summed E-state index contributed by atoms with van der Waals surface area (Å²) in [6.45, 7) is 2.11. The summed E-state index contributed by atoms with van der Waals surface area (Å²) in [6, 6.07) is 16.5. The van der Waals surface area contributed by atoms with Crippen molar-refractivity contribution in [2.24, 2.45) is 0 Å². The number of nitrogens with zero attached hydrogens (tertiary/aromatic N) is 1. The van der Waals surface area contributed by atoms with E-state index in [1.165, 1.54) is 0 Å². The normalized spacial score (nSPS) is 17.5. The largest absolute Gasteiger partial charge is 0.493 e. The van der Waals surface area contributed by atoms with Gasteiger partial charge in [0.1, 0.15) is 0 Å². The fourth-order valence-corrected chi connectivity index (χ4v) is 6.43. The number of methoxy groups -OCH3 is 5. The fourth-order valence-electron chi connectivity index (χ4n) is 6.43. The molecule has 1 aliphatic heterocycles. The minimum absolute atomic E-state index is 0.0403. The quantitative estimate of drug-likeness (QED) is 0.227. The van der Waals surface area contributed by atoms with E-state index in [2.05, 4.69) is 12.2 Å². The minimum atomic E-state index is -0.724. The van der Waals surface area contributed by atoms with Gasteiger partial charge in [0.25, 0.3) is 0 Å². The minimum Gasteiger partial charge on any atom is -0.493 e. The number of amides is 1. The van der Waals surface area contributed by atoms with Gasteiger partial charge in [0.05, 0.1) is 53.0 Å². The molecule has 1 amide bonds. The van der Waals surface area contributed by atoms with Crippen LogP contribution in [0.5, 0.6) is 28.7 Å². The van der Waals surface area contributed by atoms with E-state index in [1.54, 1.807) is 40.4 Å². The van der Waals surface area contributed by atoms with Crippen LogP contribution in [-0.4, -0.2) is 47.2 Å². The number of hydrogen-bond donors (Lipinski definition) is 1. The number of hydrogen-bond acceptors (Lipinski definition) is 8. The van der Waals surface area contributed by atoms with Gasteiger partial charge >= 0.3 is 0 Å². The SMILES string of the molecule is CCCCCC(=O)N1c2ccccc2NC2=C(C(=O)C[C@@H](c3ccc(OC)c(OC)c3)C2)[C@@H]1c1cc(OC)c(OC)c(OC)c1. The van der Waals surface area contributed by atoms with E-state index in [1.807, 2.05) is 54.6 Å². The summed E-state index contributed by atoms with van der Waals surface area (Å²) in [5, 5.41) is 3.60. The van der Waals surface area contributed by atoms with Crippen LogP contribution in [0, 0.1) is 0 Å². The third-order valence-electron chi connectivity index (χ3n) is 8.63. The Morgan fingerprint density at radius 3 is 2.11 bits per heavy atom. The first-order valence-electron chi connectivity index (χ1n) is 15.3. The number of ether oxygens (including phenoxy) is 5. The van der Waals surface area contributed by atoms with Crippen molar-refractivity contribution in [1.29, 1.82) is 0 Å². The van der Waals surface area contributed by atoms with E-state index < -0.39 is 6.04 Å². The molecule has 1 N–H and O–H groups in total. The second-order valence-electron chi connectivity index (χ2n) is 11.3. The Kier molecular flexibility index (Phi) is 9.86. The number of fused-ring (bicyclic) bond motifs is 1. The van der Waals surface area contributed by atoms with Crippen LogP contribution in [0.3, 0.4) is 0 Å². The number of anilines is 2. The Morgan fingerprint density at radius 2 is 1.47 bits per heavy atom. The molecule has 1 heterocycles. The maximum atomic E-state index is 14.5. The highest BCUT2D eigenvalue weighted by molar-refractivity contribution is 6.06. The fraction of sp³-hybridized carbons (Fsp3) is 0.389. The predicted molar refractivity (Wildman–Crippen MR) is 174 cm³/mol. The third-order valence-corrected chi connectivity index (χ3v) is 8.63. The highest BCUT2D eigenvalue weighted by Crippen LogP contribution is 2.50. The second kappa shape index (κ2) is 14.0. The lowest BCUT2D eigenvalue weighted by atomic mass is 9.78. The summed E-state index contributed by atoms with van der Waals surface area (Å²) in [6.07, 6.45) is 3.87. The molecule has 3 aromatic rings. The van der Waals surface area contributed by atoms with Crippen LogP contribution in [0.4, 0.5) is 11.4 Å². The maximum Gasteiger partial charge on any atom is 0.227 e. The number of nitrogens with one attached hydrogen (secondary N) is 1. The molecule has 0 saturated carbocycles. The van der Waals surface area contributed by atoms with Crippen molar-refractivity contribution in [2.75, 3.05) is 45.8 Å². The van der Waals surface area contributed by atoms with Crippen LogP contribution in [0.15, 0.2) is 65.9 Å². The van der Waals surface area contributed by atoms with E-state index in [-0.39, 0.29) is 24.0 Å². The molecule has 0 fully saturated rings. The number of carbonyl (C=O) groups is 2. The summed E-state index contributed by atoms with van der Waals surface area (Å²) in [7, 11) is 7.87. The average Bonchev–Trinajstić information content (AvgIpc) is 3.22. The molecule has 2 atom stereocenters. The zero-order valence-corrected chi connectivity index (χ0v) is 26.9. The van der Waals surface area contributed by atoms with Gasteiger partial charge in [-0.25, -0.2) is 0 Å². The molecule has 0 aromatic heterocycles. The van der Waals surface area contributed by atoms with Crippen LogP contribution < -0.4 is 33.9 Å².